The van der Waals surface area contributed by atoms with Gasteiger partial charge in [0.15, 0.2) is 5.82 Å². The maximum absolute atomic E-state index is 14.2. The molecule has 2 heterocycles. The Balaban J connectivity index is 1.69. The summed E-state index contributed by atoms with van der Waals surface area (Å²) in [5.74, 6) is -3.37. The zero-order valence-electron chi connectivity index (χ0n) is 18.8. The monoisotopic (exact) mass is 482 g/mol. The maximum Gasteiger partial charge on any atom is 0.287 e. The lowest BCUT2D eigenvalue weighted by Crippen LogP contribution is -2.47. The van der Waals surface area contributed by atoms with Crippen molar-refractivity contribution in [1.29, 1.82) is 5.26 Å². The number of nitriles is 1. The molecule has 0 bridgehead atoms. The van der Waals surface area contributed by atoms with Gasteiger partial charge in [0.1, 0.15) is 17.9 Å². The van der Waals surface area contributed by atoms with Gasteiger partial charge in [0.05, 0.1) is 16.8 Å². The molecule has 9 nitrogen and oxygen atoms in total. The Hall–Kier alpha value is -5.17. The van der Waals surface area contributed by atoms with E-state index in [1.165, 1.54) is 29.2 Å². The number of Topliss-reactive ketones (excluding diaryl/α,β-unsaturated/α-hetero) is 1. The second-order valence-electron chi connectivity index (χ2n) is 7.78. The number of amides is 2. The Bertz CT molecular complexity index is 1490. The van der Waals surface area contributed by atoms with E-state index >= 15 is 0 Å². The van der Waals surface area contributed by atoms with Gasteiger partial charge in [-0.15, -0.1) is 0 Å². The Labute approximate surface area is 205 Å². The minimum atomic E-state index is -1.25. The highest BCUT2D eigenvalue weighted by Crippen LogP contribution is 2.22. The normalized spacial score (nSPS) is 11.3. The summed E-state index contributed by atoms with van der Waals surface area (Å²) in [5, 5.41) is 16.2. The smallest absolute Gasteiger partial charge is 0.287 e. The molecule has 0 aliphatic carbocycles. The number of benzene rings is 2. The topological polar surface area (TPSA) is 144 Å². The number of pyridine rings is 1. The van der Waals surface area contributed by atoms with E-state index in [2.05, 4.69) is 15.4 Å². The second kappa shape index (κ2) is 10.4. The van der Waals surface area contributed by atoms with Gasteiger partial charge in [-0.1, -0.05) is 42.5 Å². The van der Waals surface area contributed by atoms with Crippen molar-refractivity contribution in [1.82, 2.24) is 20.1 Å². The summed E-state index contributed by atoms with van der Waals surface area (Å²) in [6, 6.07) is 18.4. The summed E-state index contributed by atoms with van der Waals surface area (Å²) >= 11 is 0. The first-order chi connectivity index (χ1) is 17.4. The van der Waals surface area contributed by atoms with Gasteiger partial charge in [0, 0.05) is 24.4 Å². The van der Waals surface area contributed by atoms with Gasteiger partial charge in [-0.05, 0) is 29.8 Å². The number of halogens is 1. The molecule has 1 atom stereocenters. The van der Waals surface area contributed by atoms with Crippen LogP contribution in [0.4, 0.5) is 4.39 Å². The van der Waals surface area contributed by atoms with Crippen LogP contribution in [0.5, 0.6) is 0 Å². The number of hydrogen-bond acceptors (Lipinski definition) is 6. The van der Waals surface area contributed by atoms with Crippen molar-refractivity contribution in [2.24, 2.45) is 5.73 Å². The maximum atomic E-state index is 14.2. The van der Waals surface area contributed by atoms with E-state index in [1.54, 1.807) is 54.6 Å². The highest BCUT2D eigenvalue weighted by atomic mass is 19.1. The van der Waals surface area contributed by atoms with Crippen molar-refractivity contribution in [2.45, 2.75) is 12.5 Å². The van der Waals surface area contributed by atoms with E-state index in [0.29, 0.717) is 11.3 Å². The van der Waals surface area contributed by atoms with Crippen LogP contribution in [0.1, 0.15) is 21.5 Å². The molecular weight excluding hydrogens is 463 g/mol. The van der Waals surface area contributed by atoms with Gasteiger partial charge in [0.2, 0.25) is 5.78 Å². The number of aromatic nitrogens is 3. The third-order valence-corrected chi connectivity index (χ3v) is 5.34. The van der Waals surface area contributed by atoms with E-state index in [9.17, 15) is 24.0 Å². The minimum Gasteiger partial charge on any atom is -0.363 e. The van der Waals surface area contributed by atoms with Gasteiger partial charge in [-0.25, -0.2) is 14.1 Å². The molecule has 2 amide bonds. The van der Waals surface area contributed by atoms with Gasteiger partial charge in [-0.3, -0.25) is 14.4 Å². The largest absolute Gasteiger partial charge is 0.363 e. The molecule has 178 valence electrons. The van der Waals surface area contributed by atoms with Gasteiger partial charge in [-0.2, -0.15) is 10.4 Å². The van der Waals surface area contributed by atoms with Crippen LogP contribution in [-0.4, -0.2) is 38.4 Å². The summed E-state index contributed by atoms with van der Waals surface area (Å²) in [6.07, 6.45) is 2.77. The highest BCUT2D eigenvalue weighted by molar-refractivity contribution is 6.38. The molecule has 10 heteroatoms. The molecule has 1 unspecified atom stereocenters. The van der Waals surface area contributed by atoms with E-state index < -0.39 is 29.5 Å². The van der Waals surface area contributed by atoms with E-state index in [1.807, 2.05) is 6.07 Å². The summed E-state index contributed by atoms with van der Waals surface area (Å²) in [7, 11) is 0. The quantitative estimate of drug-likeness (QED) is 0.369. The molecule has 3 N–H and O–H groups in total. The summed E-state index contributed by atoms with van der Waals surface area (Å²) in [5.41, 5.74) is 6.47. The summed E-state index contributed by atoms with van der Waals surface area (Å²) in [6.45, 7) is 0. The Morgan fingerprint density at radius 3 is 2.50 bits per heavy atom. The van der Waals surface area contributed by atoms with Crippen molar-refractivity contribution in [3.05, 3.63) is 102 Å². The third-order valence-electron chi connectivity index (χ3n) is 5.34. The van der Waals surface area contributed by atoms with Crippen molar-refractivity contribution in [3.8, 4) is 23.1 Å². The van der Waals surface area contributed by atoms with Crippen LogP contribution in [0.25, 0.3) is 17.1 Å². The molecule has 0 aliphatic heterocycles. The van der Waals surface area contributed by atoms with Crippen molar-refractivity contribution < 1.29 is 18.8 Å². The van der Waals surface area contributed by atoms with Crippen LogP contribution in [0.15, 0.2) is 79.1 Å². The van der Waals surface area contributed by atoms with Crippen molar-refractivity contribution in [3.63, 3.8) is 0 Å². The Kier molecular flexibility index (Phi) is 6.92. The molecule has 2 aromatic carbocycles. The average molecular weight is 482 g/mol. The van der Waals surface area contributed by atoms with Crippen LogP contribution in [0.2, 0.25) is 0 Å². The predicted octanol–water partition coefficient (Wildman–Crippen LogP) is 2.34. The van der Waals surface area contributed by atoms with Crippen molar-refractivity contribution >= 4 is 17.6 Å². The van der Waals surface area contributed by atoms with Crippen LogP contribution < -0.4 is 11.1 Å². The van der Waals surface area contributed by atoms with Crippen LogP contribution in [0.3, 0.4) is 0 Å². The lowest BCUT2D eigenvalue weighted by Gasteiger charge is -2.17. The fourth-order valence-electron chi connectivity index (χ4n) is 3.59. The lowest BCUT2D eigenvalue weighted by atomic mass is 10.0. The second-order valence-corrected chi connectivity index (χ2v) is 7.78. The van der Waals surface area contributed by atoms with Gasteiger partial charge >= 0.3 is 0 Å². The molecule has 0 saturated carbocycles. The van der Waals surface area contributed by atoms with E-state index in [4.69, 9.17) is 5.73 Å². The van der Waals surface area contributed by atoms with Crippen LogP contribution in [0, 0.1) is 17.1 Å². The third kappa shape index (κ3) is 5.15. The number of nitrogens with one attached hydrogen (secondary N) is 1. The van der Waals surface area contributed by atoms with Gasteiger partial charge in [0.25, 0.3) is 11.8 Å². The van der Waals surface area contributed by atoms with Crippen molar-refractivity contribution in [2.75, 3.05) is 0 Å². The molecule has 4 rings (SSSR count). The number of nitrogens with zero attached hydrogens (tertiary/aromatic N) is 4. The number of rotatable bonds is 8. The first-order valence-electron chi connectivity index (χ1n) is 10.8. The number of carbonyl (C=O) groups excluding carboxylic acids is 3. The zero-order valence-corrected chi connectivity index (χ0v) is 18.8. The lowest BCUT2D eigenvalue weighted by molar-refractivity contribution is -0.137. The molecule has 36 heavy (non-hydrogen) atoms. The summed E-state index contributed by atoms with van der Waals surface area (Å²) in [4.78, 5) is 41.6. The minimum absolute atomic E-state index is 0.0221. The summed E-state index contributed by atoms with van der Waals surface area (Å²) < 4.78 is 15.5. The number of primary amides is 1. The molecule has 0 aliphatic rings. The van der Waals surface area contributed by atoms with Crippen LogP contribution >= 0.6 is 0 Å². The number of ketones is 1. The molecule has 4 aromatic rings. The fraction of sp³-hybridized carbons (Fsp3) is 0.0769. The first kappa shape index (κ1) is 24.0. The molecule has 0 spiro atoms. The highest BCUT2D eigenvalue weighted by Gasteiger charge is 2.27. The average Bonchev–Trinajstić information content (AvgIpc) is 3.38. The first-order valence-corrected chi connectivity index (χ1v) is 10.8. The van der Waals surface area contributed by atoms with E-state index in [-0.39, 0.29) is 28.9 Å². The number of carbonyl (C=O) groups is 3. The molecular formula is C26H19FN6O3. The van der Waals surface area contributed by atoms with Gasteiger partial charge < -0.3 is 11.1 Å². The SMILES string of the molecule is N#Cc1cnc(-n2ccc(-c3ccccc3F)n2)c(C(=O)NC(Cc2ccccc2)C(=O)C(N)=O)c1. The fourth-order valence-corrected chi connectivity index (χ4v) is 3.59. The predicted molar refractivity (Wildman–Crippen MR) is 127 cm³/mol. The number of nitrogens with two attached hydrogens (primary N) is 1. The molecule has 2 aromatic heterocycles. The van der Waals surface area contributed by atoms with Crippen LogP contribution in [-0.2, 0) is 16.0 Å². The molecule has 0 radical (unpaired) electrons. The standard InChI is InChI=1S/C26H19FN6O3/c27-20-9-5-4-8-18(20)21-10-11-33(32-21)25-19(12-17(14-28)15-30-25)26(36)31-22(23(34)24(29)35)13-16-6-2-1-3-7-16/h1-12,15,22H,13H2,(H2,29,35)(H,31,36). The Morgan fingerprint density at radius 2 is 1.81 bits per heavy atom. The molecule has 0 saturated heterocycles. The Morgan fingerprint density at radius 1 is 1.08 bits per heavy atom. The molecule has 0 fully saturated rings. The zero-order chi connectivity index (χ0) is 25.7. The van der Waals surface area contributed by atoms with E-state index in [0.717, 1.165) is 0 Å². The number of hydrogen-bond donors (Lipinski definition) is 2.